The van der Waals surface area contributed by atoms with Crippen LogP contribution in [-0.4, -0.2) is 39.4 Å². The van der Waals surface area contributed by atoms with Gasteiger partial charge in [0.1, 0.15) is 17.4 Å². The van der Waals surface area contributed by atoms with Gasteiger partial charge in [0.25, 0.3) is 5.91 Å². The summed E-state index contributed by atoms with van der Waals surface area (Å²) in [6, 6.07) is 9.42. The van der Waals surface area contributed by atoms with E-state index in [0.29, 0.717) is 30.3 Å². The summed E-state index contributed by atoms with van der Waals surface area (Å²) in [4.78, 5) is 27.7. The Morgan fingerprint density at radius 3 is 2.48 bits per heavy atom. The SMILES string of the molecule is CCN1Cc2c(ccnc2NC(C)c2ncc(-c3ccc(OC)cc3)cn2)C1=O. The molecule has 1 aliphatic heterocycles. The van der Waals surface area contributed by atoms with E-state index in [-0.39, 0.29) is 11.9 Å². The maximum atomic E-state index is 12.4. The molecule has 7 heteroatoms. The predicted molar refractivity (Wildman–Crippen MR) is 111 cm³/mol. The Labute approximate surface area is 169 Å². The fourth-order valence-electron chi connectivity index (χ4n) is 3.43. The third-order valence-corrected chi connectivity index (χ3v) is 5.14. The van der Waals surface area contributed by atoms with Crippen LogP contribution in [0.5, 0.6) is 5.75 Å². The number of carbonyl (C=O) groups is 1. The van der Waals surface area contributed by atoms with Crippen LogP contribution in [0.2, 0.25) is 0 Å². The minimum atomic E-state index is -0.148. The van der Waals surface area contributed by atoms with Crippen molar-refractivity contribution in [2.75, 3.05) is 19.0 Å². The number of hydrogen-bond acceptors (Lipinski definition) is 6. The summed E-state index contributed by atoms with van der Waals surface area (Å²) in [7, 11) is 1.65. The van der Waals surface area contributed by atoms with Gasteiger partial charge in [-0.05, 0) is 37.6 Å². The molecule has 1 aromatic carbocycles. The Balaban J connectivity index is 1.51. The maximum absolute atomic E-state index is 12.4. The molecule has 29 heavy (non-hydrogen) atoms. The van der Waals surface area contributed by atoms with E-state index in [0.717, 1.165) is 22.4 Å². The molecule has 0 aliphatic carbocycles. The average Bonchev–Trinajstić information content (AvgIpc) is 3.11. The van der Waals surface area contributed by atoms with Gasteiger partial charge in [-0.15, -0.1) is 0 Å². The van der Waals surface area contributed by atoms with Crippen LogP contribution >= 0.6 is 0 Å². The van der Waals surface area contributed by atoms with Gasteiger partial charge in [0, 0.05) is 41.8 Å². The number of aromatic nitrogens is 3. The highest BCUT2D eigenvalue weighted by molar-refractivity contribution is 5.99. The zero-order valence-corrected chi connectivity index (χ0v) is 16.7. The average molecular weight is 389 g/mol. The molecule has 7 nitrogen and oxygen atoms in total. The molecule has 1 unspecified atom stereocenters. The summed E-state index contributed by atoms with van der Waals surface area (Å²) in [5, 5.41) is 3.37. The summed E-state index contributed by atoms with van der Waals surface area (Å²) in [6.07, 6.45) is 5.29. The molecular formula is C22H23N5O2. The van der Waals surface area contributed by atoms with Gasteiger partial charge in [-0.3, -0.25) is 4.79 Å². The fraction of sp³-hybridized carbons (Fsp3) is 0.273. The molecule has 1 atom stereocenters. The quantitative estimate of drug-likeness (QED) is 0.692. The minimum Gasteiger partial charge on any atom is -0.497 e. The van der Waals surface area contributed by atoms with Crippen LogP contribution in [0.25, 0.3) is 11.1 Å². The molecular weight excluding hydrogens is 366 g/mol. The summed E-state index contributed by atoms with van der Waals surface area (Å²) < 4.78 is 5.19. The number of ether oxygens (including phenoxy) is 1. The van der Waals surface area contributed by atoms with Gasteiger partial charge < -0.3 is 15.0 Å². The molecule has 0 spiro atoms. The number of anilines is 1. The zero-order valence-electron chi connectivity index (χ0n) is 16.7. The lowest BCUT2D eigenvalue weighted by molar-refractivity contribution is 0.0787. The Bertz CT molecular complexity index is 1020. The smallest absolute Gasteiger partial charge is 0.254 e. The molecule has 3 aromatic rings. The van der Waals surface area contributed by atoms with Gasteiger partial charge in [0.2, 0.25) is 0 Å². The third-order valence-electron chi connectivity index (χ3n) is 5.14. The molecule has 2 aromatic heterocycles. The van der Waals surface area contributed by atoms with Crippen LogP contribution in [0.1, 0.15) is 41.6 Å². The monoisotopic (exact) mass is 389 g/mol. The van der Waals surface area contributed by atoms with Gasteiger partial charge in [-0.2, -0.15) is 0 Å². The standard InChI is InChI=1S/C22H23N5O2/c1-4-27-13-19-18(22(27)28)9-10-23-21(19)26-14(2)20-24-11-16(12-25-20)15-5-7-17(29-3)8-6-15/h5-12,14H,4,13H2,1-3H3,(H,23,26). The molecule has 1 N–H and O–H groups in total. The van der Waals surface area contributed by atoms with E-state index in [2.05, 4.69) is 20.3 Å². The highest BCUT2D eigenvalue weighted by Gasteiger charge is 2.29. The second kappa shape index (κ2) is 7.87. The number of fused-ring (bicyclic) bond motifs is 1. The Morgan fingerprint density at radius 2 is 1.83 bits per heavy atom. The molecule has 4 rings (SSSR count). The van der Waals surface area contributed by atoms with Crippen molar-refractivity contribution in [3.05, 3.63) is 65.9 Å². The zero-order chi connectivity index (χ0) is 20.4. The van der Waals surface area contributed by atoms with Gasteiger partial charge in [0.15, 0.2) is 0 Å². The van der Waals surface area contributed by atoms with Crippen LogP contribution in [0, 0.1) is 0 Å². The molecule has 0 bridgehead atoms. The van der Waals surface area contributed by atoms with E-state index in [4.69, 9.17) is 4.74 Å². The fourth-order valence-corrected chi connectivity index (χ4v) is 3.43. The van der Waals surface area contributed by atoms with Crippen LogP contribution in [0.3, 0.4) is 0 Å². The lowest BCUT2D eigenvalue weighted by Crippen LogP contribution is -2.22. The van der Waals surface area contributed by atoms with Crippen molar-refractivity contribution in [1.29, 1.82) is 0 Å². The number of rotatable bonds is 6. The minimum absolute atomic E-state index is 0.0562. The number of nitrogens with one attached hydrogen (secondary N) is 1. The summed E-state index contributed by atoms with van der Waals surface area (Å²) >= 11 is 0. The molecule has 1 amide bonds. The molecule has 3 heterocycles. The molecule has 148 valence electrons. The first-order chi connectivity index (χ1) is 14.1. The second-order valence-electron chi connectivity index (χ2n) is 6.93. The summed E-state index contributed by atoms with van der Waals surface area (Å²) in [5.41, 5.74) is 3.61. The lowest BCUT2D eigenvalue weighted by atomic mass is 10.1. The van der Waals surface area contributed by atoms with Crippen LogP contribution < -0.4 is 10.1 Å². The van der Waals surface area contributed by atoms with E-state index in [1.807, 2.05) is 55.4 Å². The van der Waals surface area contributed by atoms with Gasteiger partial charge in [0.05, 0.1) is 19.7 Å². The van der Waals surface area contributed by atoms with E-state index in [9.17, 15) is 4.79 Å². The largest absolute Gasteiger partial charge is 0.497 e. The maximum Gasteiger partial charge on any atom is 0.254 e. The Morgan fingerprint density at radius 1 is 1.10 bits per heavy atom. The highest BCUT2D eigenvalue weighted by atomic mass is 16.5. The molecule has 0 saturated heterocycles. The number of carbonyl (C=O) groups excluding carboxylic acids is 1. The first-order valence-corrected chi connectivity index (χ1v) is 9.60. The van der Waals surface area contributed by atoms with Crippen molar-refractivity contribution in [3.8, 4) is 16.9 Å². The van der Waals surface area contributed by atoms with E-state index < -0.39 is 0 Å². The first-order valence-electron chi connectivity index (χ1n) is 9.60. The normalized spacial score (nSPS) is 13.9. The van der Waals surface area contributed by atoms with Crippen LogP contribution in [0.15, 0.2) is 48.9 Å². The lowest BCUT2D eigenvalue weighted by Gasteiger charge is -2.16. The van der Waals surface area contributed by atoms with Gasteiger partial charge in [-0.25, -0.2) is 15.0 Å². The van der Waals surface area contributed by atoms with E-state index in [1.54, 1.807) is 19.4 Å². The predicted octanol–water partition coefficient (Wildman–Crippen LogP) is 3.70. The van der Waals surface area contributed by atoms with Crippen molar-refractivity contribution in [2.24, 2.45) is 0 Å². The molecule has 0 fully saturated rings. The second-order valence-corrected chi connectivity index (χ2v) is 6.93. The van der Waals surface area contributed by atoms with E-state index >= 15 is 0 Å². The van der Waals surface area contributed by atoms with Crippen molar-refractivity contribution < 1.29 is 9.53 Å². The van der Waals surface area contributed by atoms with Crippen molar-refractivity contribution >= 4 is 11.7 Å². The van der Waals surface area contributed by atoms with Crippen LogP contribution in [-0.2, 0) is 6.54 Å². The topological polar surface area (TPSA) is 80.2 Å². The summed E-state index contributed by atoms with van der Waals surface area (Å²) in [5.74, 6) is 2.24. The highest BCUT2D eigenvalue weighted by Crippen LogP contribution is 2.29. The number of benzene rings is 1. The number of pyridine rings is 1. The first kappa shape index (κ1) is 18.9. The number of methoxy groups -OCH3 is 1. The van der Waals surface area contributed by atoms with Crippen molar-refractivity contribution in [1.82, 2.24) is 19.9 Å². The number of amides is 1. The summed E-state index contributed by atoms with van der Waals surface area (Å²) in [6.45, 7) is 5.21. The Hall–Kier alpha value is -3.48. The third kappa shape index (κ3) is 3.63. The van der Waals surface area contributed by atoms with Crippen LogP contribution in [0.4, 0.5) is 5.82 Å². The van der Waals surface area contributed by atoms with E-state index in [1.165, 1.54) is 0 Å². The number of hydrogen-bond donors (Lipinski definition) is 1. The molecule has 0 radical (unpaired) electrons. The molecule has 1 aliphatic rings. The van der Waals surface area contributed by atoms with Crippen molar-refractivity contribution in [2.45, 2.75) is 26.4 Å². The molecule has 0 saturated carbocycles. The number of nitrogens with zero attached hydrogens (tertiary/aromatic N) is 4. The van der Waals surface area contributed by atoms with Gasteiger partial charge in [-0.1, -0.05) is 12.1 Å². The van der Waals surface area contributed by atoms with Crippen molar-refractivity contribution in [3.63, 3.8) is 0 Å². The van der Waals surface area contributed by atoms with Gasteiger partial charge >= 0.3 is 0 Å². The Kier molecular flexibility index (Phi) is 5.12.